The molecule has 28 heavy (non-hydrogen) atoms. The van der Waals surface area contributed by atoms with E-state index >= 15 is 0 Å². The van der Waals surface area contributed by atoms with E-state index in [-0.39, 0.29) is 16.7 Å². The van der Waals surface area contributed by atoms with E-state index < -0.39 is 5.63 Å². The minimum atomic E-state index is -0.453. The van der Waals surface area contributed by atoms with E-state index in [0.717, 1.165) is 16.5 Å². The Labute approximate surface area is 166 Å². The number of phenols is 1. The zero-order valence-electron chi connectivity index (χ0n) is 15.6. The van der Waals surface area contributed by atoms with Gasteiger partial charge >= 0.3 is 11.6 Å². The van der Waals surface area contributed by atoms with E-state index in [9.17, 15) is 14.7 Å². The number of methoxy groups -OCH3 is 1. The summed E-state index contributed by atoms with van der Waals surface area (Å²) < 4.78 is 10.1. The molecule has 0 bridgehead atoms. The van der Waals surface area contributed by atoms with Crippen molar-refractivity contribution < 1.29 is 24.4 Å². The first-order valence-corrected chi connectivity index (χ1v) is 9.28. The number of carbonyl (C=O) groups is 1. The van der Waals surface area contributed by atoms with Crippen LogP contribution in [0.25, 0.3) is 11.0 Å². The second kappa shape index (κ2) is 8.46. The molecule has 0 saturated carbocycles. The highest BCUT2D eigenvalue weighted by atomic mass is 35.5. The Kier molecular flexibility index (Phi) is 6.02. The number of halogens is 1. The standard InChI is InChI=1S/C21H20ClNO5/c1-3-13-8-18(24)28-20-15(13)9-17(22)19(25)16(20)11-23-10-12-4-6-14(7-5-12)21(26)27-2/h4-9,23,25H,3,10-11H2,1-2H3/p+1. The molecule has 0 spiro atoms. The molecule has 0 fully saturated rings. The third-order valence-corrected chi connectivity index (χ3v) is 4.92. The molecular weight excluding hydrogens is 382 g/mol. The van der Waals surface area contributed by atoms with Crippen LogP contribution in [-0.4, -0.2) is 18.2 Å². The van der Waals surface area contributed by atoms with E-state index in [0.29, 0.717) is 36.2 Å². The second-order valence-corrected chi connectivity index (χ2v) is 6.80. The van der Waals surface area contributed by atoms with Crippen molar-refractivity contribution in [3.05, 3.63) is 74.1 Å². The van der Waals surface area contributed by atoms with Crippen LogP contribution in [0.4, 0.5) is 0 Å². The van der Waals surface area contributed by atoms with Crippen molar-refractivity contribution >= 4 is 28.5 Å². The first kappa shape index (κ1) is 19.9. The summed E-state index contributed by atoms with van der Waals surface area (Å²) in [5, 5.41) is 13.3. The SMILES string of the molecule is CCc1cc(=O)oc2c(C[NH2+]Cc3ccc(C(=O)OC)cc3)c(O)c(Cl)cc12. The summed E-state index contributed by atoms with van der Waals surface area (Å²) in [6, 6.07) is 10.2. The van der Waals surface area contributed by atoms with Gasteiger partial charge in [-0.15, -0.1) is 0 Å². The molecule has 1 aromatic heterocycles. The molecule has 1 heterocycles. The van der Waals surface area contributed by atoms with Gasteiger partial charge in [0.25, 0.3) is 0 Å². The van der Waals surface area contributed by atoms with Crippen molar-refractivity contribution in [3.63, 3.8) is 0 Å². The molecule has 0 amide bonds. The summed E-state index contributed by atoms with van der Waals surface area (Å²) in [5.41, 5.74) is 2.70. The number of phenolic OH excluding ortho intramolecular Hbond substituents is 1. The maximum atomic E-state index is 11.9. The van der Waals surface area contributed by atoms with Gasteiger partial charge in [0, 0.05) is 17.0 Å². The van der Waals surface area contributed by atoms with Crippen LogP contribution in [0.1, 0.15) is 34.0 Å². The zero-order valence-corrected chi connectivity index (χ0v) is 16.4. The summed E-state index contributed by atoms with van der Waals surface area (Å²) in [5.74, 6) is -0.463. The van der Waals surface area contributed by atoms with Crippen LogP contribution in [0.5, 0.6) is 5.75 Å². The summed E-state index contributed by atoms with van der Waals surface area (Å²) in [7, 11) is 1.34. The predicted molar refractivity (Wildman–Crippen MR) is 106 cm³/mol. The lowest BCUT2D eigenvalue weighted by Crippen LogP contribution is -2.80. The van der Waals surface area contributed by atoms with Gasteiger partial charge in [0.15, 0.2) is 5.58 Å². The highest BCUT2D eigenvalue weighted by Crippen LogP contribution is 2.35. The lowest BCUT2D eigenvalue weighted by molar-refractivity contribution is -0.686. The molecule has 3 N–H and O–H groups in total. The Morgan fingerprint density at radius 2 is 1.93 bits per heavy atom. The molecule has 0 aliphatic rings. The van der Waals surface area contributed by atoms with Gasteiger partial charge in [0.05, 0.1) is 23.3 Å². The van der Waals surface area contributed by atoms with Gasteiger partial charge in [0.1, 0.15) is 18.8 Å². The Morgan fingerprint density at radius 1 is 1.21 bits per heavy atom. The Hall–Kier alpha value is -2.83. The van der Waals surface area contributed by atoms with Crippen molar-refractivity contribution in [1.82, 2.24) is 0 Å². The second-order valence-electron chi connectivity index (χ2n) is 6.39. The fourth-order valence-corrected chi connectivity index (χ4v) is 3.36. The largest absolute Gasteiger partial charge is 0.506 e. The number of rotatable bonds is 6. The van der Waals surface area contributed by atoms with Crippen LogP contribution in [-0.2, 0) is 24.2 Å². The number of hydrogen-bond acceptors (Lipinski definition) is 5. The fraction of sp³-hybridized carbons (Fsp3) is 0.238. The zero-order chi connectivity index (χ0) is 20.3. The number of nitrogens with two attached hydrogens (primary N) is 1. The fourth-order valence-electron chi connectivity index (χ4n) is 3.14. The highest BCUT2D eigenvalue weighted by molar-refractivity contribution is 6.33. The van der Waals surface area contributed by atoms with E-state index in [1.54, 1.807) is 18.2 Å². The van der Waals surface area contributed by atoms with Crippen LogP contribution in [0.15, 0.2) is 45.6 Å². The monoisotopic (exact) mass is 402 g/mol. The van der Waals surface area contributed by atoms with E-state index in [2.05, 4.69) is 4.74 Å². The van der Waals surface area contributed by atoms with Crippen LogP contribution in [0.3, 0.4) is 0 Å². The van der Waals surface area contributed by atoms with Gasteiger partial charge in [-0.3, -0.25) is 0 Å². The van der Waals surface area contributed by atoms with E-state index in [4.69, 9.17) is 16.0 Å². The summed E-state index contributed by atoms with van der Waals surface area (Å²) in [6.45, 7) is 2.92. The number of fused-ring (bicyclic) bond motifs is 1. The quantitative estimate of drug-likeness (QED) is 0.488. The number of aryl methyl sites for hydroxylation is 1. The van der Waals surface area contributed by atoms with Gasteiger partial charge in [-0.1, -0.05) is 30.7 Å². The minimum Gasteiger partial charge on any atom is -0.506 e. The number of aromatic hydroxyl groups is 1. The number of hydrogen-bond donors (Lipinski definition) is 2. The lowest BCUT2D eigenvalue weighted by Gasteiger charge is -2.11. The first-order valence-electron chi connectivity index (χ1n) is 8.90. The number of carbonyl (C=O) groups excluding carboxylic acids is 1. The molecule has 0 aliphatic heterocycles. The molecule has 0 radical (unpaired) electrons. The molecular formula is C21H21ClNO5+. The lowest BCUT2D eigenvalue weighted by atomic mass is 10.0. The van der Waals surface area contributed by atoms with Crippen LogP contribution in [0.2, 0.25) is 5.02 Å². The minimum absolute atomic E-state index is 0.0807. The van der Waals surface area contributed by atoms with Gasteiger partial charge in [-0.2, -0.15) is 0 Å². The van der Waals surface area contributed by atoms with Crippen LogP contribution < -0.4 is 10.9 Å². The highest BCUT2D eigenvalue weighted by Gasteiger charge is 2.18. The smallest absolute Gasteiger partial charge is 0.337 e. The normalized spacial score (nSPS) is 11.0. The van der Waals surface area contributed by atoms with Crippen LogP contribution in [0, 0.1) is 0 Å². The molecule has 3 aromatic rings. The third-order valence-electron chi connectivity index (χ3n) is 4.63. The summed E-state index contributed by atoms with van der Waals surface area (Å²) in [6.07, 6.45) is 0.652. The molecule has 146 valence electrons. The number of ether oxygens (including phenoxy) is 1. The first-order chi connectivity index (χ1) is 13.4. The number of esters is 1. The van der Waals surface area contributed by atoms with Crippen LogP contribution >= 0.6 is 11.6 Å². The number of quaternary nitrogens is 1. The molecule has 6 nitrogen and oxygen atoms in total. The number of benzene rings is 2. The van der Waals surface area contributed by atoms with E-state index in [1.165, 1.54) is 13.2 Å². The Morgan fingerprint density at radius 3 is 2.57 bits per heavy atom. The third kappa shape index (κ3) is 4.03. The van der Waals surface area contributed by atoms with Crippen molar-refractivity contribution in [1.29, 1.82) is 0 Å². The molecule has 0 atom stereocenters. The summed E-state index contributed by atoms with van der Waals surface area (Å²) in [4.78, 5) is 23.4. The Balaban J connectivity index is 1.84. The van der Waals surface area contributed by atoms with Crippen molar-refractivity contribution in [3.8, 4) is 5.75 Å². The van der Waals surface area contributed by atoms with Gasteiger partial charge < -0.3 is 19.6 Å². The van der Waals surface area contributed by atoms with Crippen molar-refractivity contribution in [2.24, 2.45) is 0 Å². The van der Waals surface area contributed by atoms with Crippen molar-refractivity contribution in [2.75, 3.05) is 7.11 Å². The van der Waals surface area contributed by atoms with Crippen molar-refractivity contribution in [2.45, 2.75) is 26.4 Å². The van der Waals surface area contributed by atoms with Gasteiger partial charge in [-0.05, 0) is 30.2 Å². The maximum absolute atomic E-state index is 11.9. The topological polar surface area (TPSA) is 93.4 Å². The predicted octanol–water partition coefficient (Wildman–Crippen LogP) is 2.76. The average molecular weight is 403 g/mol. The molecule has 0 aliphatic carbocycles. The van der Waals surface area contributed by atoms with E-state index in [1.807, 2.05) is 24.4 Å². The average Bonchev–Trinajstić information content (AvgIpc) is 2.70. The molecule has 0 unspecified atom stereocenters. The molecule has 3 rings (SSSR count). The maximum Gasteiger partial charge on any atom is 0.337 e. The Bertz CT molecular complexity index is 1070. The molecule has 2 aromatic carbocycles. The summed E-state index contributed by atoms with van der Waals surface area (Å²) >= 11 is 6.19. The molecule has 0 saturated heterocycles. The van der Waals surface area contributed by atoms with Gasteiger partial charge in [0.2, 0.25) is 0 Å². The molecule has 7 heteroatoms. The van der Waals surface area contributed by atoms with Gasteiger partial charge in [-0.25, -0.2) is 9.59 Å².